The van der Waals surface area contributed by atoms with Crippen LogP contribution in [-0.4, -0.2) is 27.6 Å². The molecule has 2 heterocycles. The van der Waals surface area contributed by atoms with Gasteiger partial charge in [0.05, 0.1) is 11.6 Å². The summed E-state index contributed by atoms with van der Waals surface area (Å²) in [5.74, 6) is 1.61. The minimum Gasteiger partial charge on any atom is -0.345 e. The predicted octanol–water partition coefficient (Wildman–Crippen LogP) is 3.86. The van der Waals surface area contributed by atoms with Crippen LogP contribution in [0.25, 0.3) is 0 Å². The summed E-state index contributed by atoms with van der Waals surface area (Å²) >= 11 is 0. The molecule has 5 heteroatoms. The summed E-state index contributed by atoms with van der Waals surface area (Å²) in [5.41, 5.74) is 2.02. The average Bonchev–Trinajstić information content (AvgIpc) is 2.56. The minimum absolute atomic E-state index is 0.0378. The van der Waals surface area contributed by atoms with Crippen LogP contribution in [0.4, 0.5) is 0 Å². The van der Waals surface area contributed by atoms with Crippen molar-refractivity contribution in [3.05, 3.63) is 36.2 Å². The van der Waals surface area contributed by atoms with Gasteiger partial charge in [-0.3, -0.25) is 9.98 Å². The summed E-state index contributed by atoms with van der Waals surface area (Å²) in [6, 6.07) is 0.132. The molecule has 2 rings (SSSR count). The fourth-order valence-corrected chi connectivity index (χ4v) is 2.37. The lowest BCUT2D eigenvalue weighted by molar-refractivity contribution is 0.545. The number of amidine groups is 1. The number of hydrogen-bond donors (Lipinski definition) is 1. The highest BCUT2D eigenvalue weighted by molar-refractivity contribution is 5.99. The van der Waals surface area contributed by atoms with Crippen LogP contribution in [0.1, 0.15) is 66.3 Å². The molecule has 1 aliphatic rings. The van der Waals surface area contributed by atoms with Gasteiger partial charge in [0.25, 0.3) is 0 Å². The number of rotatable bonds is 1. The Bertz CT molecular complexity index is 654. The van der Waals surface area contributed by atoms with E-state index in [1.807, 2.05) is 18.6 Å². The zero-order chi connectivity index (χ0) is 18.0. The number of nitrogens with zero attached hydrogens (tertiary/aromatic N) is 4. The Labute approximate surface area is 145 Å². The Morgan fingerprint density at radius 3 is 2.17 bits per heavy atom. The monoisotopic (exact) mass is 327 g/mol. The molecule has 24 heavy (non-hydrogen) atoms. The second-order valence-corrected chi connectivity index (χ2v) is 8.36. The normalized spacial score (nSPS) is 20.9. The van der Waals surface area contributed by atoms with Crippen molar-refractivity contribution in [1.29, 1.82) is 0 Å². The van der Waals surface area contributed by atoms with Crippen LogP contribution in [0, 0.1) is 5.41 Å². The number of nitrogens with one attached hydrogen (secondary N) is 1. The van der Waals surface area contributed by atoms with Crippen LogP contribution in [-0.2, 0) is 5.41 Å². The van der Waals surface area contributed by atoms with Gasteiger partial charge in [-0.05, 0) is 6.92 Å². The maximum absolute atomic E-state index is 4.82. The molecule has 0 bridgehead atoms. The summed E-state index contributed by atoms with van der Waals surface area (Å²) in [4.78, 5) is 18.4. The van der Waals surface area contributed by atoms with Crippen LogP contribution in [0.2, 0.25) is 0 Å². The average molecular weight is 327 g/mol. The first kappa shape index (κ1) is 18.3. The highest BCUT2D eigenvalue weighted by atomic mass is 15.0. The molecule has 0 aliphatic carbocycles. The Morgan fingerprint density at radius 1 is 1.00 bits per heavy atom. The summed E-state index contributed by atoms with van der Waals surface area (Å²) in [7, 11) is 0. The van der Waals surface area contributed by atoms with Gasteiger partial charge in [-0.25, -0.2) is 9.97 Å². The molecular formula is C19H29N5. The van der Waals surface area contributed by atoms with E-state index in [1.54, 1.807) is 6.20 Å². The van der Waals surface area contributed by atoms with Gasteiger partial charge in [0.15, 0.2) is 0 Å². The van der Waals surface area contributed by atoms with Crippen LogP contribution >= 0.6 is 0 Å². The highest BCUT2D eigenvalue weighted by Gasteiger charge is 2.22. The molecule has 0 aromatic carbocycles. The molecule has 0 saturated heterocycles. The summed E-state index contributed by atoms with van der Waals surface area (Å²) in [6.45, 7) is 15.0. The van der Waals surface area contributed by atoms with Crippen molar-refractivity contribution in [3.8, 4) is 0 Å². The van der Waals surface area contributed by atoms with Gasteiger partial charge >= 0.3 is 0 Å². The fourth-order valence-electron chi connectivity index (χ4n) is 2.37. The van der Waals surface area contributed by atoms with E-state index in [0.717, 1.165) is 29.4 Å². The smallest absolute Gasteiger partial charge is 0.135 e. The summed E-state index contributed by atoms with van der Waals surface area (Å²) < 4.78 is 0. The molecule has 0 saturated carbocycles. The molecule has 0 radical (unpaired) electrons. The third-order valence-corrected chi connectivity index (χ3v) is 3.83. The van der Waals surface area contributed by atoms with Crippen molar-refractivity contribution in [1.82, 2.24) is 15.3 Å². The van der Waals surface area contributed by atoms with E-state index in [9.17, 15) is 0 Å². The largest absolute Gasteiger partial charge is 0.345 e. The second-order valence-electron chi connectivity index (χ2n) is 8.36. The fraction of sp³-hybridized carbons (Fsp3) is 0.579. The first-order chi connectivity index (χ1) is 11.1. The second kappa shape index (κ2) is 6.83. The minimum atomic E-state index is -0.0607. The van der Waals surface area contributed by atoms with Gasteiger partial charge < -0.3 is 5.32 Å². The predicted molar refractivity (Wildman–Crippen MR) is 101 cm³/mol. The Kier molecular flexibility index (Phi) is 5.21. The topological polar surface area (TPSA) is 62.5 Å². The maximum Gasteiger partial charge on any atom is 0.135 e. The van der Waals surface area contributed by atoms with Crippen LogP contribution in [0.3, 0.4) is 0 Å². The Balaban J connectivity index is 2.27. The first-order valence-corrected chi connectivity index (χ1v) is 8.47. The van der Waals surface area contributed by atoms with Crippen LogP contribution in [0.15, 0.2) is 34.8 Å². The van der Waals surface area contributed by atoms with Gasteiger partial charge in [0.1, 0.15) is 11.7 Å². The molecule has 1 atom stereocenters. The van der Waals surface area contributed by atoms with Crippen molar-refractivity contribution in [2.24, 2.45) is 15.4 Å². The van der Waals surface area contributed by atoms with Crippen molar-refractivity contribution >= 4 is 11.5 Å². The molecule has 130 valence electrons. The van der Waals surface area contributed by atoms with Gasteiger partial charge in [-0.1, -0.05) is 41.5 Å². The Hall–Kier alpha value is -2.04. The lowest BCUT2D eigenvalue weighted by atomic mass is 9.86. The number of aromatic nitrogens is 2. The standard InChI is InChI=1S/C19H29N5/c1-13-10-15(18(2,3)4)20-8-9-21-16(24-13)14-11-22-17(23-12-14)19(5,6)7/h8-9,11-13H,10H2,1-7H3,(H,21,24)/b9-8+,20-15?. The third-order valence-electron chi connectivity index (χ3n) is 3.83. The summed E-state index contributed by atoms with van der Waals surface area (Å²) in [6.07, 6.45) is 8.13. The third kappa shape index (κ3) is 4.73. The maximum atomic E-state index is 4.82. The number of aliphatic imine (C=N–C) groups is 2. The molecule has 1 N–H and O–H groups in total. The van der Waals surface area contributed by atoms with E-state index >= 15 is 0 Å². The molecule has 1 unspecified atom stereocenters. The van der Waals surface area contributed by atoms with Crippen LogP contribution < -0.4 is 5.32 Å². The van der Waals surface area contributed by atoms with Gasteiger partial charge in [0, 0.05) is 47.8 Å². The molecule has 0 amide bonds. The molecule has 1 aromatic rings. The van der Waals surface area contributed by atoms with Crippen molar-refractivity contribution in [2.75, 3.05) is 0 Å². The molecule has 1 aromatic heterocycles. The van der Waals surface area contributed by atoms with E-state index < -0.39 is 0 Å². The van der Waals surface area contributed by atoms with Gasteiger partial charge in [-0.15, -0.1) is 0 Å². The molecular weight excluding hydrogens is 298 g/mol. The highest BCUT2D eigenvalue weighted by Crippen LogP contribution is 2.22. The van der Waals surface area contributed by atoms with E-state index in [0.29, 0.717) is 0 Å². The van der Waals surface area contributed by atoms with Crippen LogP contribution in [0.5, 0.6) is 0 Å². The van der Waals surface area contributed by atoms with Crippen molar-refractivity contribution in [2.45, 2.75) is 66.3 Å². The van der Waals surface area contributed by atoms with Gasteiger partial charge in [-0.2, -0.15) is 0 Å². The van der Waals surface area contributed by atoms with Crippen molar-refractivity contribution in [3.63, 3.8) is 0 Å². The van der Waals surface area contributed by atoms with Crippen molar-refractivity contribution < 1.29 is 0 Å². The SMILES string of the molecule is CC1CC(C(C)(C)C)=N/C=C/NC(c2cnc(C(C)(C)C)nc2)=N1. The van der Waals surface area contributed by atoms with E-state index in [4.69, 9.17) is 4.99 Å². The summed E-state index contributed by atoms with van der Waals surface area (Å²) in [5, 5.41) is 3.22. The van der Waals surface area contributed by atoms with Gasteiger partial charge in [0.2, 0.25) is 0 Å². The van der Waals surface area contributed by atoms with E-state index in [-0.39, 0.29) is 16.9 Å². The Morgan fingerprint density at radius 2 is 1.62 bits per heavy atom. The zero-order valence-corrected chi connectivity index (χ0v) is 15.9. The molecule has 0 fully saturated rings. The number of hydrogen-bond acceptors (Lipinski definition) is 5. The van der Waals surface area contributed by atoms with E-state index in [1.165, 1.54) is 0 Å². The first-order valence-electron chi connectivity index (χ1n) is 8.47. The lowest BCUT2D eigenvalue weighted by Crippen LogP contribution is -2.25. The lowest BCUT2D eigenvalue weighted by Gasteiger charge is -2.22. The molecule has 1 aliphatic heterocycles. The molecule has 5 nitrogen and oxygen atoms in total. The molecule has 0 spiro atoms. The van der Waals surface area contributed by atoms with E-state index in [2.05, 4.69) is 68.7 Å². The zero-order valence-electron chi connectivity index (χ0n) is 15.9. The quantitative estimate of drug-likeness (QED) is 0.852.